The van der Waals surface area contributed by atoms with Crippen molar-refractivity contribution in [2.24, 2.45) is 5.92 Å². The lowest BCUT2D eigenvalue weighted by molar-refractivity contribution is -0.122. The smallest absolute Gasteiger partial charge is 0.267 e. The van der Waals surface area contributed by atoms with E-state index in [1.807, 2.05) is 32.9 Å². The Labute approximate surface area is 157 Å². The van der Waals surface area contributed by atoms with E-state index in [4.69, 9.17) is 4.74 Å². The van der Waals surface area contributed by atoms with Crippen LogP contribution in [0.15, 0.2) is 22.5 Å². The zero-order valence-corrected chi connectivity index (χ0v) is 17.0. The molecule has 1 N–H and O–H groups in total. The minimum Gasteiger partial charge on any atom is -0.481 e. The van der Waals surface area contributed by atoms with E-state index in [1.54, 1.807) is 11.8 Å². The van der Waals surface area contributed by atoms with Crippen LogP contribution in [0.3, 0.4) is 0 Å². The first kappa shape index (κ1) is 19.7. The lowest BCUT2D eigenvalue weighted by Gasteiger charge is -2.17. The van der Waals surface area contributed by atoms with Crippen LogP contribution in [-0.4, -0.2) is 28.0 Å². The third kappa shape index (κ3) is 6.32. The molecule has 136 valence electrons. The fourth-order valence-corrected chi connectivity index (χ4v) is 3.96. The average molecular weight is 380 g/mol. The van der Waals surface area contributed by atoms with E-state index in [-0.39, 0.29) is 5.91 Å². The number of ether oxygens (including phenoxy) is 1. The average Bonchev–Trinajstić information content (AvgIpc) is 2.97. The van der Waals surface area contributed by atoms with Crippen molar-refractivity contribution in [1.29, 1.82) is 0 Å². The Kier molecular flexibility index (Phi) is 7.25. The van der Waals surface area contributed by atoms with Crippen LogP contribution >= 0.6 is 23.1 Å². The minimum absolute atomic E-state index is 0.196. The second-order valence-corrected chi connectivity index (χ2v) is 8.65. The third-order valence-corrected chi connectivity index (χ3v) is 5.71. The molecule has 1 atom stereocenters. The second-order valence-electron chi connectivity index (χ2n) is 6.41. The molecule has 1 unspecified atom stereocenters. The van der Waals surface area contributed by atoms with Gasteiger partial charge in [0.25, 0.3) is 5.91 Å². The lowest BCUT2D eigenvalue weighted by atomic mass is 10.1. The molecule has 1 amide bonds. The van der Waals surface area contributed by atoms with Gasteiger partial charge < -0.3 is 4.74 Å². The summed E-state index contributed by atoms with van der Waals surface area (Å²) in [7, 11) is 0. The van der Waals surface area contributed by atoms with E-state index in [0.717, 1.165) is 21.2 Å². The minimum atomic E-state index is -0.558. The number of amides is 1. The van der Waals surface area contributed by atoms with E-state index < -0.39 is 6.10 Å². The number of anilines is 1. The van der Waals surface area contributed by atoms with Crippen LogP contribution in [-0.2, 0) is 4.79 Å². The van der Waals surface area contributed by atoms with Gasteiger partial charge in [0.15, 0.2) is 10.4 Å². The molecule has 25 heavy (non-hydrogen) atoms. The monoisotopic (exact) mass is 379 g/mol. The molecule has 0 saturated carbocycles. The number of carbonyl (C=O) groups is 1. The molecule has 7 heteroatoms. The van der Waals surface area contributed by atoms with Gasteiger partial charge in [0, 0.05) is 5.75 Å². The van der Waals surface area contributed by atoms with Crippen molar-refractivity contribution in [3.8, 4) is 5.75 Å². The summed E-state index contributed by atoms with van der Waals surface area (Å²) in [6.45, 7) is 10.3. The van der Waals surface area contributed by atoms with Crippen LogP contribution in [0.2, 0.25) is 0 Å². The van der Waals surface area contributed by atoms with E-state index in [0.29, 0.717) is 23.2 Å². The number of benzene rings is 1. The zero-order valence-electron chi connectivity index (χ0n) is 15.3. The molecule has 1 aromatic carbocycles. The number of hydrogen-bond donors (Lipinski definition) is 1. The van der Waals surface area contributed by atoms with Gasteiger partial charge in [-0.15, -0.1) is 10.2 Å². The molecule has 0 aliphatic rings. The summed E-state index contributed by atoms with van der Waals surface area (Å²) in [5.74, 6) is 2.08. The number of rotatable bonds is 8. The molecule has 0 aliphatic heterocycles. The maximum Gasteiger partial charge on any atom is 0.267 e. The van der Waals surface area contributed by atoms with Gasteiger partial charge in [0.1, 0.15) is 5.75 Å². The summed E-state index contributed by atoms with van der Waals surface area (Å²) >= 11 is 3.05. The molecule has 5 nitrogen and oxygen atoms in total. The maximum atomic E-state index is 12.5. The number of aryl methyl sites for hydroxylation is 2. The maximum absolute atomic E-state index is 12.5. The number of thioether (sulfide) groups is 1. The first-order valence-electron chi connectivity index (χ1n) is 8.39. The summed E-state index contributed by atoms with van der Waals surface area (Å²) in [5, 5.41) is 11.5. The van der Waals surface area contributed by atoms with Gasteiger partial charge in [0.2, 0.25) is 5.13 Å². The summed E-state index contributed by atoms with van der Waals surface area (Å²) in [4.78, 5) is 12.5. The highest BCUT2D eigenvalue weighted by Crippen LogP contribution is 2.27. The van der Waals surface area contributed by atoms with Crippen molar-refractivity contribution in [3.05, 3.63) is 29.3 Å². The van der Waals surface area contributed by atoms with E-state index >= 15 is 0 Å². The van der Waals surface area contributed by atoms with Crippen molar-refractivity contribution in [3.63, 3.8) is 0 Å². The van der Waals surface area contributed by atoms with Crippen LogP contribution < -0.4 is 10.1 Å². The molecular weight excluding hydrogens is 354 g/mol. The molecule has 0 saturated heterocycles. The Balaban J connectivity index is 1.97. The molecule has 1 aromatic heterocycles. The molecule has 0 fully saturated rings. The SMILES string of the molecule is CCC(Oc1cc(C)cc(C)c1)C(=O)Nc1nnc(SCC(C)C)s1. The lowest BCUT2D eigenvalue weighted by Crippen LogP contribution is -2.32. The largest absolute Gasteiger partial charge is 0.481 e. The molecular formula is C18H25N3O2S2. The Morgan fingerprint density at radius 3 is 2.52 bits per heavy atom. The standard InChI is InChI=1S/C18H25N3O2S2/c1-6-15(23-14-8-12(4)7-13(5)9-14)16(22)19-17-20-21-18(25-17)24-10-11(2)3/h7-9,11,15H,6,10H2,1-5H3,(H,19,20,22). The highest BCUT2D eigenvalue weighted by molar-refractivity contribution is 8.01. The first-order valence-corrected chi connectivity index (χ1v) is 10.2. The Morgan fingerprint density at radius 2 is 1.92 bits per heavy atom. The van der Waals surface area contributed by atoms with Crippen LogP contribution in [0.5, 0.6) is 5.75 Å². The Hall–Kier alpha value is -1.60. The quantitative estimate of drug-likeness (QED) is 0.532. The van der Waals surface area contributed by atoms with Gasteiger partial charge in [-0.3, -0.25) is 10.1 Å². The number of hydrogen-bond acceptors (Lipinski definition) is 6. The third-order valence-electron chi connectivity index (χ3n) is 3.31. The van der Waals surface area contributed by atoms with Crippen molar-refractivity contribution in [2.45, 2.75) is 51.5 Å². The number of nitrogens with one attached hydrogen (secondary N) is 1. The molecule has 0 radical (unpaired) electrons. The van der Waals surface area contributed by atoms with E-state index in [1.165, 1.54) is 11.3 Å². The fourth-order valence-electron chi connectivity index (χ4n) is 2.23. The van der Waals surface area contributed by atoms with Crippen molar-refractivity contribution in [1.82, 2.24) is 10.2 Å². The van der Waals surface area contributed by atoms with Gasteiger partial charge in [-0.2, -0.15) is 0 Å². The Morgan fingerprint density at radius 1 is 1.24 bits per heavy atom. The molecule has 1 heterocycles. The molecule has 0 aliphatic carbocycles. The van der Waals surface area contributed by atoms with Crippen LogP contribution in [0.1, 0.15) is 38.3 Å². The predicted molar refractivity (Wildman–Crippen MR) is 105 cm³/mol. The molecule has 0 bridgehead atoms. The van der Waals surface area contributed by atoms with E-state index in [2.05, 4.69) is 35.4 Å². The topological polar surface area (TPSA) is 64.1 Å². The molecule has 2 rings (SSSR count). The van der Waals surface area contributed by atoms with Crippen molar-refractivity contribution < 1.29 is 9.53 Å². The summed E-state index contributed by atoms with van der Waals surface area (Å²) in [6.07, 6.45) is 0.0175. The molecule has 0 spiro atoms. The zero-order chi connectivity index (χ0) is 18.4. The fraction of sp³-hybridized carbons (Fsp3) is 0.500. The van der Waals surface area contributed by atoms with Crippen LogP contribution in [0.4, 0.5) is 5.13 Å². The summed E-state index contributed by atoms with van der Waals surface area (Å²) in [6, 6.07) is 5.95. The normalized spacial score (nSPS) is 12.2. The summed E-state index contributed by atoms with van der Waals surface area (Å²) in [5.41, 5.74) is 2.22. The Bertz CT molecular complexity index is 696. The van der Waals surface area contributed by atoms with E-state index in [9.17, 15) is 4.79 Å². The van der Waals surface area contributed by atoms with Crippen molar-refractivity contribution in [2.75, 3.05) is 11.1 Å². The first-order chi connectivity index (χ1) is 11.9. The van der Waals surface area contributed by atoms with Crippen molar-refractivity contribution >= 4 is 34.1 Å². The van der Waals surface area contributed by atoms with Crippen LogP contribution in [0.25, 0.3) is 0 Å². The van der Waals surface area contributed by atoms with Gasteiger partial charge in [-0.25, -0.2) is 0 Å². The highest BCUT2D eigenvalue weighted by atomic mass is 32.2. The van der Waals surface area contributed by atoms with Gasteiger partial charge in [-0.1, -0.05) is 49.9 Å². The number of nitrogens with zero attached hydrogens (tertiary/aromatic N) is 2. The van der Waals surface area contributed by atoms with Gasteiger partial charge in [0.05, 0.1) is 0 Å². The summed E-state index contributed by atoms with van der Waals surface area (Å²) < 4.78 is 6.75. The second kappa shape index (κ2) is 9.20. The van der Waals surface area contributed by atoms with Gasteiger partial charge in [-0.05, 0) is 49.4 Å². The molecule has 2 aromatic rings. The van der Waals surface area contributed by atoms with Crippen LogP contribution in [0, 0.1) is 19.8 Å². The predicted octanol–water partition coefficient (Wildman–Crippen LogP) is 4.70. The highest BCUT2D eigenvalue weighted by Gasteiger charge is 2.20. The van der Waals surface area contributed by atoms with Gasteiger partial charge >= 0.3 is 0 Å². The number of carbonyl (C=O) groups excluding carboxylic acids is 1. The number of aromatic nitrogens is 2.